The van der Waals surface area contributed by atoms with Gasteiger partial charge in [0.25, 0.3) is 5.56 Å². The van der Waals surface area contributed by atoms with Gasteiger partial charge in [-0.25, -0.2) is 9.79 Å². The molecule has 0 fully saturated rings. The first-order chi connectivity index (χ1) is 16.0. The van der Waals surface area contributed by atoms with Crippen molar-refractivity contribution in [2.24, 2.45) is 4.99 Å². The number of allylic oxidation sites excluding steroid dienone is 1. The molecule has 8 heteroatoms. The van der Waals surface area contributed by atoms with Crippen LogP contribution in [0.25, 0.3) is 17.0 Å². The van der Waals surface area contributed by atoms with Gasteiger partial charge in [-0.15, -0.1) is 0 Å². The fourth-order valence-corrected chi connectivity index (χ4v) is 5.41. The maximum Gasteiger partial charge on any atom is 0.338 e. The molecule has 5 rings (SSSR count). The molecule has 0 spiro atoms. The number of halogens is 1. The third-order valence-electron chi connectivity index (χ3n) is 5.62. The molecule has 2 aromatic heterocycles. The zero-order valence-electron chi connectivity index (χ0n) is 18.0. The highest BCUT2D eigenvalue weighted by atomic mass is 35.5. The van der Waals surface area contributed by atoms with Crippen LogP contribution in [-0.4, -0.2) is 22.1 Å². The quantitative estimate of drug-likeness (QED) is 0.452. The molecular weight excluding hydrogens is 458 g/mol. The van der Waals surface area contributed by atoms with Crippen LogP contribution in [0.4, 0.5) is 0 Å². The second-order valence-electron chi connectivity index (χ2n) is 7.61. The topological polar surface area (TPSA) is 76.4 Å². The Morgan fingerprint density at radius 2 is 2.00 bits per heavy atom. The van der Waals surface area contributed by atoms with E-state index < -0.39 is 12.0 Å². The Morgan fingerprint density at radius 1 is 1.24 bits per heavy atom. The van der Waals surface area contributed by atoms with E-state index in [1.807, 2.05) is 54.7 Å². The maximum atomic E-state index is 13.7. The number of benzene rings is 2. The number of fused-ring (bicyclic) bond motifs is 2. The second-order valence-corrected chi connectivity index (χ2v) is 9.03. The Kier molecular flexibility index (Phi) is 5.52. The number of aromatic amines is 1. The van der Waals surface area contributed by atoms with E-state index in [0.29, 0.717) is 31.2 Å². The van der Waals surface area contributed by atoms with E-state index >= 15 is 0 Å². The van der Waals surface area contributed by atoms with E-state index in [2.05, 4.69) is 9.98 Å². The van der Waals surface area contributed by atoms with Crippen LogP contribution in [0.1, 0.15) is 31.0 Å². The molecule has 0 saturated carbocycles. The Bertz CT molecular complexity index is 1610. The van der Waals surface area contributed by atoms with Gasteiger partial charge in [0.1, 0.15) is 6.04 Å². The van der Waals surface area contributed by atoms with Gasteiger partial charge in [0, 0.05) is 27.7 Å². The number of hydrogen-bond acceptors (Lipinski definition) is 5. The number of nitrogens with zero attached hydrogens (tertiary/aromatic N) is 2. The number of H-pyrrole nitrogens is 1. The van der Waals surface area contributed by atoms with Crippen molar-refractivity contribution in [3.8, 4) is 0 Å². The van der Waals surface area contributed by atoms with Crippen molar-refractivity contribution < 1.29 is 9.53 Å². The Morgan fingerprint density at radius 3 is 2.79 bits per heavy atom. The molecule has 1 N–H and O–H groups in total. The molecule has 4 aromatic rings. The summed E-state index contributed by atoms with van der Waals surface area (Å²) in [7, 11) is 0. The number of aromatic nitrogens is 2. The molecule has 2 aromatic carbocycles. The lowest BCUT2D eigenvalue weighted by atomic mass is 9.96. The minimum absolute atomic E-state index is 0.218. The van der Waals surface area contributed by atoms with Gasteiger partial charge in [0.15, 0.2) is 4.80 Å². The summed E-state index contributed by atoms with van der Waals surface area (Å²) >= 11 is 7.82. The summed E-state index contributed by atoms with van der Waals surface area (Å²) in [4.78, 5) is 34.9. The van der Waals surface area contributed by atoms with E-state index in [0.717, 1.165) is 16.5 Å². The lowest BCUT2D eigenvalue weighted by molar-refractivity contribution is -0.139. The molecule has 0 radical (unpaired) electrons. The summed E-state index contributed by atoms with van der Waals surface area (Å²) in [5.74, 6) is -0.505. The number of hydrogen-bond donors (Lipinski definition) is 1. The van der Waals surface area contributed by atoms with Crippen molar-refractivity contribution in [2.45, 2.75) is 19.9 Å². The second kappa shape index (κ2) is 8.50. The van der Waals surface area contributed by atoms with E-state index in [4.69, 9.17) is 16.3 Å². The Balaban J connectivity index is 1.76. The van der Waals surface area contributed by atoms with E-state index in [1.54, 1.807) is 24.5 Å². The lowest BCUT2D eigenvalue weighted by Crippen LogP contribution is -2.40. The van der Waals surface area contributed by atoms with Gasteiger partial charge in [0.2, 0.25) is 0 Å². The third kappa shape index (κ3) is 3.63. The van der Waals surface area contributed by atoms with Gasteiger partial charge >= 0.3 is 5.97 Å². The smallest absolute Gasteiger partial charge is 0.338 e. The maximum absolute atomic E-state index is 13.7. The molecule has 6 nitrogen and oxygen atoms in total. The highest BCUT2D eigenvalue weighted by Crippen LogP contribution is 2.34. The zero-order valence-corrected chi connectivity index (χ0v) is 19.5. The number of carbonyl (C=O) groups excluding carboxylic acids is 1. The summed E-state index contributed by atoms with van der Waals surface area (Å²) in [6.45, 7) is 3.72. The normalized spacial score (nSPS) is 16.1. The molecule has 0 bridgehead atoms. The monoisotopic (exact) mass is 477 g/mol. The largest absolute Gasteiger partial charge is 0.463 e. The molecule has 33 heavy (non-hydrogen) atoms. The first-order valence-corrected chi connectivity index (χ1v) is 11.7. The molecule has 1 aliphatic rings. The predicted octanol–water partition coefficient (Wildman–Crippen LogP) is 3.93. The third-order valence-corrected chi connectivity index (χ3v) is 6.95. The number of nitrogens with one attached hydrogen (secondary N) is 1. The zero-order chi connectivity index (χ0) is 23.1. The number of carbonyl (C=O) groups is 1. The van der Waals surface area contributed by atoms with Gasteiger partial charge < -0.3 is 9.72 Å². The van der Waals surface area contributed by atoms with Gasteiger partial charge in [-0.3, -0.25) is 9.36 Å². The van der Waals surface area contributed by atoms with Crippen LogP contribution in [0.5, 0.6) is 0 Å². The number of rotatable bonds is 4. The van der Waals surface area contributed by atoms with Crippen LogP contribution in [0.2, 0.25) is 5.02 Å². The molecule has 166 valence electrons. The minimum atomic E-state index is -0.723. The summed E-state index contributed by atoms with van der Waals surface area (Å²) < 4.78 is 7.38. The SMILES string of the molecule is CCOC(=O)C1=C(C)N=c2s/c(=C\c3c[nH]c4ccccc34)c(=O)n2C1c1ccccc1Cl. The molecular formula is C25H20ClN3O3S. The fraction of sp³-hybridized carbons (Fsp3) is 0.160. The molecule has 3 heterocycles. The number of thiazole rings is 1. The van der Waals surface area contributed by atoms with Gasteiger partial charge in [-0.05, 0) is 37.6 Å². The van der Waals surface area contributed by atoms with Crippen LogP contribution in [0.3, 0.4) is 0 Å². The molecule has 0 saturated heterocycles. The van der Waals surface area contributed by atoms with Gasteiger partial charge in [-0.2, -0.15) is 0 Å². The van der Waals surface area contributed by atoms with E-state index in [1.165, 1.54) is 11.3 Å². The van der Waals surface area contributed by atoms with Crippen molar-refractivity contribution in [3.05, 3.63) is 102 Å². The van der Waals surface area contributed by atoms with E-state index in [9.17, 15) is 9.59 Å². The van der Waals surface area contributed by atoms with Crippen LogP contribution in [-0.2, 0) is 9.53 Å². The van der Waals surface area contributed by atoms with Crippen LogP contribution < -0.4 is 14.9 Å². The number of ether oxygens (including phenoxy) is 1. The van der Waals surface area contributed by atoms with Gasteiger partial charge in [0.05, 0.1) is 22.4 Å². The summed E-state index contributed by atoms with van der Waals surface area (Å²) in [6, 6.07) is 14.4. The lowest BCUT2D eigenvalue weighted by Gasteiger charge is -2.25. The highest BCUT2D eigenvalue weighted by Gasteiger charge is 2.34. The van der Waals surface area contributed by atoms with Crippen molar-refractivity contribution in [3.63, 3.8) is 0 Å². The van der Waals surface area contributed by atoms with Crippen molar-refractivity contribution >= 4 is 45.9 Å². The average molecular weight is 478 g/mol. The van der Waals surface area contributed by atoms with Crippen LogP contribution in [0, 0.1) is 0 Å². The van der Waals surface area contributed by atoms with Crippen LogP contribution in [0.15, 0.2) is 75.8 Å². The average Bonchev–Trinajstić information content (AvgIpc) is 3.34. The van der Waals surface area contributed by atoms with Crippen molar-refractivity contribution in [1.82, 2.24) is 9.55 Å². The van der Waals surface area contributed by atoms with Gasteiger partial charge in [-0.1, -0.05) is 59.3 Å². The van der Waals surface area contributed by atoms with Crippen molar-refractivity contribution in [2.75, 3.05) is 6.61 Å². The molecule has 1 aliphatic heterocycles. The number of para-hydroxylation sites is 1. The molecule has 0 aliphatic carbocycles. The predicted molar refractivity (Wildman–Crippen MR) is 130 cm³/mol. The minimum Gasteiger partial charge on any atom is -0.463 e. The first-order valence-electron chi connectivity index (χ1n) is 10.5. The van der Waals surface area contributed by atoms with E-state index in [-0.39, 0.29) is 12.2 Å². The molecule has 1 unspecified atom stereocenters. The standard InChI is InChI=1S/C25H20ClN3O3S/c1-3-32-24(31)21-14(2)28-25-29(22(21)17-9-4-6-10-18(17)26)23(30)20(33-25)12-15-13-27-19-11-7-5-8-16(15)19/h4-13,22,27H,3H2,1-2H3/b20-12-. The fourth-order valence-electron chi connectivity index (χ4n) is 4.14. The molecule has 0 amide bonds. The first kappa shape index (κ1) is 21.4. The Hall–Kier alpha value is -3.42. The summed E-state index contributed by atoms with van der Waals surface area (Å²) in [6.07, 6.45) is 3.74. The molecule has 1 atom stereocenters. The Labute approximate surface area is 198 Å². The summed E-state index contributed by atoms with van der Waals surface area (Å²) in [5.41, 5.74) is 3.14. The van der Waals surface area contributed by atoms with Crippen LogP contribution >= 0.6 is 22.9 Å². The summed E-state index contributed by atoms with van der Waals surface area (Å²) in [5, 5.41) is 1.49. The highest BCUT2D eigenvalue weighted by molar-refractivity contribution is 7.07. The number of esters is 1. The van der Waals surface area contributed by atoms with Crippen molar-refractivity contribution in [1.29, 1.82) is 0 Å².